The molecule has 0 bridgehead atoms. The van der Waals surface area contributed by atoms with Crippen molar-refractivity contribution in [1.82, 2.24) is 5.43 Å². The van der Waals surface area contributed by atoms with Crippen LogP contribution >= 0.6 is 0 Å². The van der Waals surface area contributed by atoms with Crippen LogP contribution in [0.15, 0.2) is 72.8 Å². The Morgan fingerprint density at radius 1 is 0.852 bits per heavy atom. The second kappa shape index (κ2) is 9.79. The first-order valence-corrected chi connectivity index (χ1v) is 9.63. The Labute approximate surface area is 162 Å². The summed E-state index contributed by atoms with van der Waals surface area (Å²) in [4.78, 5) is 0. The highest BCUT2D eigenvalue weighted by molar-refractivity contribution is 5.66. The normalized spacial score (nSPS) is 10.6. The smallest absolute Gasteiger partial charge is 0.123 e. The van der Waals surface area contributed by atoms with E-state index in [0.717, 1.165) is 36.4 Å². The van der Waals surface area contributed by atoms with Crippen LogP contribution in [-0.4, -0.2) is 6.61 Å². The van der Waals surface area contributed by atoms with E-state index >= 15 is 0 Å². The van der Waals surface area contributed by atoms with Gasteiger partial charge < -0.3 is 10.2 Å². The van der Waals surface area contributed by atoms with Gasteiger partial charge in [-0.25, -0.2) is 5.43 Å². The number of hydrogen-bond donors (Lipinski definition) is 2. The Morgan fingerprint density at radius 2 is 1.59 bits per heavy atom. The van der Waals surface area contributed by atoms with Gasteiger partial charge in [-0.2, -0.15) is 0 Å². The summed E-state index contributed by atoms with van der Waals surface area (Å²) in [7, 11) is 0. The predicted octanol–water partition coefficient (Wildman–Crippen LogP) is 5.96. The number of nitrogens with one attached hydrogen (secondary N) is 2. The largest absolute Gasteiger partial charge is 0.493 e. The molecule has 0 aliphatic rings. The van der Waals surface area contributed by atoms with Crippen molar-refractivity contribution in [2.24, 2.45) is 0 Å². The van der Waals surface area contributed by atoms with Gasteiger partial charge in [0.1, 0.15) is 5.75 Å². The van der Waals surface area contributed by atoms with E-state index in [2.05, 4.69) is 67.2 Å². The Bertz CT molecular complexity index is 829. The highest BCUT2D eigenvalue weighted by Gasteiger charge is 2.07. The fourth-order valence-corrected chi connectivity index (χ4v) is 2.87. The number of benzene rings is 3. The van der Waals surface area contributed by atoms with Gasteiger partial charge in [-0.1, -0.05) is 67.4 Å². The molecule has 0 spiro atoms. The number of ether oxygens (including phenoxy) is 1. The van der Waals surface area contributed by atoms with Gasteiger partial charge in [0.2, 0.25) is 0 Å². The van der Waals surface area contributed by atoms with Crippen LogP contribution in [-0.2, 0) is 6.54 Å². The zero-order valence-corrected chi connectivity index (χ0v) is 16.2. The van der Waals surface area contributed by atoms with Crippen LogP contribution in [0, 0.1) is 6.92 Å². The Hall–Kier alpha value is -2.78. The molecule has 3 aromatic carbocycles. The van der Waals surface area contributed by atoms with Gasteiger partial charge in [0.05, 0.1) is 6.61 Å². The molecule has 0 unspecified atom stereocenters. The molecule has 0 amide bonds. The van der Waals surface area contributed by atoms with E-state index in [4.69, 9.17) is 4.74 Å². The van der Waals surface area contributed by atoms with Gasteiger partial charge in [0.15, 0.2) is 0 Å². The summed E-state index contributed by atoms with van der Waals surface area (Å²) < 4.78 is 6.02. The van der Waals surface area contributed by atoms with E-state index in [9.17, 15) is 0 Å². The third-order valence-electron chi connectivity index (χ3n) is 4.49. The third kappa shape index (κ3) is 5.60. The molecule has 0 aromatic heterocycles. The third-order valence-corrected chi connectivity index (χ3v) is 4.49. The number of unbranched alkanes of at least 4 members (excludes halogenated alkanes) is 1. The van der Waals surface area contributed by atoms with Crippen molar-refractivity contribution in [3.8, 4) is 16.9 Å². The molecule has 3 rings (SSSR count). The molecular formula is C24H28N2O. The topological polar surface area (TPSA) is 33.3 Å². The van der Waals surface area contributed by atoms with Crippen LogP contribution < -0.4 is 15.6 Å². The van der Waals surface area contributed by atoms with E-state index in [1.54, 1.807) is 0 Å². The maximum Gasteiger partial charge on any atom is 0.123 e. The Balaban J connectivity index is 1.75. The van der Waals surface area contributed by atoms with Crippen LogP contribution in [0.5, 0.6) is 5.75 Å². The zero-order valence-electron chi connectivity index (χ0n) is 16.2. The van der Waals surface area contributed by atoms with Gasteiger partial charge >= 0.3 is 0 Å². The summed E-state index contributed by atoms with van der Waals surface area (Å²) in [5, 5.41) is 0. The quantitative estimate of drug-likeness (QED) is 0.365. The van der Waals surface area contributed by atoms with Crippen molar-refractivity contribution < 1.29 is 4.74 Å². The second-order valence-corrected chi connectivity index (χ2v) is 6.74. The van der Waals surface area contributed by atoms with E-state index in [-0.39, 0.29) is 0 Å². The summed E-state index contributed by atoms with van der Waals surface area (Å²) in [6.45, 7) is 5.71. The monoisotopic (exact) mass is 360 g/mol. The van der Waals surface area contributed by atoms with Crippen LogP contribution in [0.4, 0.5) is 5.69 Å². The molecule has 0 fully saturated rings. The Morgan fingerprint density at radius 3 is 2.33 bits per heavy atom. The Kier molecular flexibility index (Phi) is 6.89. The molecule has 0 aliphatic heterocycles. The van der Waals surface area contributed by atoms with E-state index in [0.29, 0.717) is 6.54 Å². The van der Waals surface area contributed by atoms with Crippen LogP contribution in [0.1, 0.15) is 30.9 Å². The molecular weight excluding hydrogens is 332 g/mol. The van der Waals surface area contributed by atoms with Crippen LogP contribution in [0.3, 0.4) is 0 Å². The average Bonchev–Trinajstić information content (AvgIpc) is 2.70. The minimum Gasteiger partial charge on any atom is -0.493 e. The van der Waals surface area contributed by atoms with Crippen molar-refractivity contribution >= 4 is 5.69 Å². The summed E-state index contributed by atoms with van der Waals surface area (Å²) in [6, 6.07) is 25.2. The standard InChI is InChI=1S/C24H28N2O/c1-3-4-16-27-24-15-14-21(20-12-10-19(2)11-13-20)17-22(24)18-25-26-23-8-6-5-7-9-23/h5-15,17,25-26H,3-4,16,18H2,1-2H3. The number of para-hydroxylation sites is 1. The second-order valence-electron chi connectivity index (χ2n) is 6.74. The lowest BCUT2D eigenvalue weighted by atomic mass is 10.0. The molecule has 0 atom stereocenters. The van der Waals surface area contributed by atoms with Gasteiger partial charge in [0, 0.05) is 17.8 Å². The summed E-state index contributed by atoms with van der Waals surface area (Å²) in [6.07, 6.45) is 2.19. The van der Waals surface area contributed by atoms with Crippen LogP contribution in [0.25, 0.3) is 11.1 Å². The summed E-state index contributed by atoms with van der Waals surface area (Å²) in [5.41, 5.74) is 12.4. The molecule has 3 heteroatoms. The molecule has 0 radical (unpaired) electrons. The number of hydrazine groups is 1. The first-order chi connectivity index (χ1) is 13.3. The van der Waals surface area contributed by atoms with Crippen LogP contribution in [0.2, 0.25) is 0 Å². The number of aryl methyl sites for hydroxylation is 1. The summed E-state index contributed by atoms with van der Waals surface area (Å²) in [5.74, 6) is 0.946. The summed E-state index contributed by atoms with van der Waals surface area (Å²) >= 11 is 0. The molecule has 0 saturated carbocycles. The molecule has 3 nitrogen and oxygen atoms in total. The van der Waals surface area contributed by atoms with E-state index in [1.807, 2.05) is 30.3 Å². The number of rotatable bonds is 9. The molecule has 0 aliphatic carbocycles. The van der Waals surface area contributed by atoms with Crippen molar-refractivity contribution in [2.45, 2.75) is 33.2 Å². The lowest BCUT2D eigenvalue weighted by molar-refractivity contribution is 0.306. The zero-order chi connectivity index (χ0) is 18.9. The van der Waals surface area contributed by atoms with Gasteiger partial charge in [-0.3, -0.25) is 0 Å². The average molecular weight is 361 g/mol. The minimum absolute atomic E-state index is 0.677. The van der Waals surface area contributed by atoms with Gasteiger partial charge in [-0.15, -0.1) is 0 Å². The fraction of sp³-hybridized carbons (Fsp3) is 0.250. The highest BCUT2D eigenvalue weighted by atomic mass is 16.5. The van der Waals surface area contributed by atoms with Crippen molar-refractivity contribution in [3.63, 3.8) is 0 Å². The van der Waals surface area contributed by atoms with E-state index < -0.39 is 0 Å². The molecule has 2 N–H and O–H groups in total. The molecule has 0 heterocycles. The molecule has 140 valence electrons. The maximum absolute atomic E-state index is 6.02. The number of hydrogen-bond acceptors (Lipinski definition) is 3. The first kappa shape index (κ1) is 19.0. The minimum atomic E-state index is 0.677. The fourth-order valence-electron chi connectivity index (χ4n) is 2.87. The lowest BCUT2D eigenvalue weighted by Crippen LogP contribution is -2.21. The van der Waals surface area contributed by atoms with Crippen molar-refractivity contribution in [3.05, 3.63) is 83.9 Å². The van der Waals surface area contributed by atoms with Crippen molar-refractivity contribution in [2.75, 3.05) is 12.0 Å². The first-order valence-electron chi connectivity index (χ1n) is 9.63. The van der Waals surface area contributed by atoms with Crippen molar-refractivity contribution in [1.29, 1.82) is 0 Å². The molecule has 0 saturated heterocycles. The highest BCUT2D eigenvalue weighted by Crippen LogP contribution is 2.27. The molecule has 27 heavy (non-hydrogen) atoms. The number of anilines is 1. The van der Waals surface area contributed by atoms with Gasteiger partial charge in [0.25, 0.3) is 0 Å². The van der Waals surface area contributed by atoms with Gasteiger partial charge in [-0.05, 0) is 48.7 Å². The predicted molar refractivity (Wildman–Crippen MR) is 114 cm³/mol. The molecule has 3 aromatic rings. The van der Waals surface area contributed by atoms with E-state index in [1.165, 1.54) is 16.7 Å². The SMILES string of the molecule is CCCCOc1ccc(-c2ccc(C)cc2)cc1CNNc1ccccc1. The maximum atomic E-state index is 6.02. The lowest BCUT2D eigenvalue weighted by Gasteiger charge is -2.15.